The maximum atomic E-state index is 11.6. The quantitative estimate of drug-likeness (QED) is 0.663. The Morgan fingerprint density at radius 3 is 2.37 bits per heavy atom. The normalized spacial score (nSPS) is 17.7. The van der Waals surface area contributed by atoms with Gasteiger partial charge in [0.15, 0.2) is 0 Å². The van der Waals surface area contributed by atoms with Gasteiger partial charge in [0.05, 0.1) is 12.0 Å². The van der Waals surface area contributed by atoms with E-state index in [1.165, 1.54) is 12.8 Å². The van der Waals surface area contributed by atoms with Crippen LogP contribution in [0, 0.1) is 11.3 Å². The Balaban J connectivity index is 2.75. The van der Waals surface area contributed by atoms with Gasteiger partial charge in [0.25, 0.3) is 0 Å². The van der Waals surface area contributed by atoms with Crippen LogP contribution in [0.3, 0.4) is 0 Å². The van der Waals surface area contributed by atoms with Gasteiger partial charge in [0.2, 0.25) is 0 Å². The summed E-state index contributed by atoms with van der Waals surface area (Å²) in [4.78, 5) is 14.0. The molecule has 1 saturated carbocycles. The average molecular weight is 271 g/mol. The number of ether oxygens (including phenoxy) is 1. The summed E-state index contributed by atoms with van der Waals surface area (Å²) < 4.78 is 5.18. The van der Waals surface area contributed by atoms with Crippen LogP contribution in [0.1, 0.15) is 46.5 Å². The number of hydrogen-bond acceptors (Lipinski definition) is 3. The molecule has 1 N–H and O–H groups in total. The van der Waals surface area contributed by atoms with Gasteiger partial charge in [-0.05, 0) is 38.5 Å². The Kier molecular flexibility index (Phi) is 6.27. The molecule has 1 rings (SSSR count). The first-order valence-electron chi connectivity index (χ1n) is 7.47. The molecule has 4 heteroatoms. The van der Waals surface area contributed by atoms with Crippen LogP contribution >= 0.6 is 0 Å². The van der Waals surface area contributed by atoms with Gasteiger partial charge in [-0.2, -0.15) is 0 Å². The van der Waals surface area contributed by atoms with Gasteiger partial charge in [0, 0.05) is 26.2 Å². The lowest BCUT2D eigenvalue weighted by Gasteiger charge is -2.37. The zero-order chi connectivity index (χ0) is 14.5. The molecule has 0 aromatic rings. The standard InChI is InChI=1S/C15H29NO3/c1-5-15(6-2,14(17)18)11-16(9-10-19-4)12(3)13-7-8-13/h12-13H,5-11H2,1-4H3,(H,17,18). The highest BCUT2D eigenvalue weighted by molar-refractivity contribution is 5.74. The van der Waals surface area contributed by atoms with Gasteiger partial charge < -0.3 is 9.84 Å². The zero-order valence-electron chi connectivity index (χ0n) is 12.8. The fraction of sp³-hybridized carbons (Fsp3) is 0.933. The molecule has 1 fully saturated rings. The number of carbonyl (C=O) groups is 1. The lowest BCUT2D eigenvalue weighted by atomic mass is 9.81. The molecule has 4 nitrogen and oxygen atoms in total. The fourth-order valence-electron chi connectivity index (χ4n) is 2.74. The molecule has 1 unspecified atom stereocenters. The van der Waals surface area contributed by atoms with Crippen molar-refractivity contribution in [1.82, 2.24) is 4.90 Å². The molecule has 1 atom stereocenters. The van der Waals surface area contributed by atoms with Crippen molar-refractivity contribution in [2.45, 2.75) is 52.5 Å². The maximum Gasteiger partial charge on any atom is 0.310 e. The molecular weight excluding hydrogens is 242 g/mol. The highest BCUT2D eigenvalue weighted by Crippen LogP contribution is 2.37. The summed E-state index contributed by atoms with van der Waals surface area (Å²) in [6.07, 6.45) is 3.92. The minimum Gasteiger partial charge on any atom is -0.481 e. The smallest absolute Gasteiger partial charge is 0.310 e. The Morgan fingerprint density at radius 2 is 2.00 bits per heavy atom. The number of carboxylic acids is 1. The second-order valence-electron chi connectivity index (χ2n) is 5.83. The minimum absolute atomic E-state index is 0.465. The van der Waals surface area contributed by atoms with E-state index >= 15 is 0 Å². The molecule has 0 aliphatic heterocycles. The Labute approximate surface area is 117 Å². The Morgan fingerprint density at radius 1 is 1.42 bits per heavy atom. The van der Waals surface area contributed by atoms with Crippen molar-refractivity contribution in [3.63, 3.8) is 0 Å². The summed E-state index contributed by atoms with van der Waals surface area (Å²) in [6, 6.07) is 0.465. The van der Waals surface area contributed by atoms with Crippen LogP contribution in [-0.2, 0) is 9.53 Å². The molecule has 0 heterocycles. The summed E-state index contributed by atoms with van der Waals surface area (Å²) in [5.74, 6) is 0.0833. The third-order valence-corrected chi connectivity index (χ3v) is 4.78. The van der Waals surface area contributed by atoms with E-state index in [9.17, 15) is 9.90 Å². The monoisotopic (exact) mass is 271 g/mol. The third-order valence-electron chi connectivity index (χ3n) is 4.78. The number of methoxy groups -OCH3 is 1. The summed E-state index contributed by atoms with van der Waals surface area (Å²) >= 11 is 0. The molecule has 19 heavy (non-hydrogen) atoms. The molecule has 0 radical (unpaired) electrons. The zero-order valence-corrected chi connectivity index (χ0v) is 12.8. The molecule has 0 saturated heterocycles. The van der Waals surface area contributed by atoms with Crippen molar-refractivity contribution in [3.8, 4) is 0 Å². The molecule has 0 aromatic heterocycles. The molecule has 0 aromatic carbocycles. The van der Waals surface area contributed by atoms with Crippen molar-refractivity contribution < 1.29 is 14.6 Å². The van der Waals surface area contributed by atoms with Crippen LogP contribution in [0.2, 0.25) is 0 Å². The molecule has 0 amide bonds. The SMILES string of the molecule is CCC(CC)(CN(CCOC)C(C)C1CC1)C(=O)O. The predicted molar refractivity (Wildman–Crippen MR) is 76.3 cm³/mol. The van der Waals surface area contributed by atoms with E-state index in [2.05, 4.69) is 11.8 Å². The van der Waals surface area contributed by atoms with E-state index < -0.39 is 11.4 Å². The maximum absolute atomic E-state index is 11.6. The lowest BCUT2D eigenvalue weighted by molar-refractivity contribution is -0.151. The topological polar surface area (TPSA) is 49.8 Å². The van der Waals surface area contributed by atoms with E-state index in [0.717, 1.165) is 12.5 Å². The van der Waals surface area contributed by atoms with E-state index in [-0.39, 0.29) is 0 Å². The fourth-order valence-corrected chi connectivity index (χ4v) is 2.74. The van der Waals surface area contributed by atoms with Crippen LogP contribution in [0.25, 0.3) is 0 Å². The Hall–Kier alpha value is -0.610. The van der Waals surface area contributed by atoms with E-state index in [1.54, 1.807) is 7.11 Å². The summed E-state index contributed by atoms with van der Waals surface area (Å²) in [6.45, 7) is 8.31. The predicted octanol–water partition coefficient (Wildman–Crippen LogP) is 2.62. The summed E-state index contributed by atoms with van der Waals surface area (Å²) in [7, 11) is 1.70. The van der Waals surface area contributed by atoms with Crippen LogP contribution in [-0.4, -0.2) is 48.8 Å². The van der Waals surface area contributed by atoms with Gasteiger partial charge in [-0.25, -0.2) is 0 Å². The molecular formula is C15H29NO3. The van der Waals surface area contributed by atoms with Gasteiger partial charge in [-0.3, -0.25) is 9.69 Å². The van der Waals surface area contributed by atoms with Gasteiger partial charge >= 0.3 is 5.97 Å². The largest absolute Gasteiger partial charge is 0.481 e. The second kappa shape index (κ2) is 7.25. The van der Waals surface area contributed by atoms with E-state index in [0.29, 0.717) is 32.0 Å². The van der Waals surface area contributed by atoms with Crippen molar-refractivity contribution in [2.24, 2.45) is 11.3 Å². The third kappa shape index (κ3) is 4.18. The van der Waals surface area contributed by atoms with Gasteiger partial charge in [-0.1, -0.05) is 13.8 Å². The highest BCUT2D eigenvalue weighted by Gasteiger charge is 2.40. The van der Waals surface area contributed by atoms with Gasteiger partial charge in [0.1, 0.15) is 0 Å². The van der Waals surface area contributed by atoms with Crippen molar-refractivity contribution in [1.29, 1.82) is 0 Å². The first-order chi connectivity index (χ1) is 9.00. The number of carboxylic acid groups (broad SMARTS) is 1. The molecule has 0 bridgehead atoms. The minimum atomic E-state index is -0.664. The van der Waals surface area contributed by atoms with Crippen LogP contribution < -0.4 is 0 Å². The van der Waals surface area contributed by atoms with E-state index in [4.69, 9.17) is 4.74 Å². The van der Waals surface area contributed by atoms with E-state index in [1.807, 2.05) is 13.8 Å². The first kappa shape index (κ1) is 16.4. The lowest BCUT2D eigenvalue weighted by Crippen LogP contribution is -2.47. The molecule has 112 valence electrons. The second-order valence-corrected chi connectivity index (χ2v) is 5.83. The molecule has 0 spiro atoms. The Bertz CT molecular complexity index is 285. The van der Waals surface area contributed by atoms with Crippen LogP contribution in [0.4, 0.5) is 0 Å². The van der Waals surface area contributed by atoms with Crippen molar-refractivity contribution >= 4 is 5.97 Å². The average Bonchev–Trinajstić information content (AvgIpc) is 3.23. The van der Waals surface area contributed by atoms with Gasteiger partial charge in [-0.15, -0.1) is 0 Å². The summed E-state index contributed by atoms with van der Waals surface area (Å²) in [5.41, 5.74) is -0.614. The van der Waals surface area contributed by atoms with Crippen LogP contribution in [0.15, 0.2) is 0 Å². The number of rotatable bonds is 10. The number of nitrogens with zero attached hydrogens (tertiary/aromatic N) is 1. The number of hydrogen-bond donors (Lipinski definition) is 1. The summed E-state index contributed by atoms with van der Waals surface area (Å²) in [5, 5.41) is 9.58. The number of aliphatic carboxylic acids is 1. The van der Waals surface area contributed by atoms with Crippen LogP contribution in [0.5, 0.6) is 0 Å². The molecule has 1 aliphatic rings. The first-order valence-corrected chi connectivity index (χ1v) is 7.47. The molecule has 1 aliphatic carbocycles. The highest BCUT2D eigenvalue weighted by atomic mass is 16.5. The van der Waals surface area contributed by atoms with Crippen molar-refractivity contribution in [3.05, 3.63) is 0 Å². The van der Waals surface area contributed by atoms with Crippen molar-refractivity contribution in [2.75, 3.05) is 26.8 Å².